The van der Waals surface area contributed by atoms with Crippen molar-refractivity contribution in [3.8, 4) is 22.4 Å². The molecule has 1 aliphatic rings. The monoisotopic (exact) mass is 358 g/mol. The first-order valence-electron chi connectivity index (χ1n) is 9.19. The van der Waals surface area contributed by atoms with Gasteiger partial charge in [-0.25, -0.2) is 0 Å². The fourth-order valence-corrected chi connectivity index (χ4v) is 3.41. The Balaban J connectivity index is 1.61. The summed E-state index contributed by atoms with van der Waals surface area (Å²) in [5, 5.41) is 4.30. The summed E-state index contributed by atoms with van der Waals surface area (Å²) in [6.07, 6.45) is 2.39. The molecule has 0 spiro atoms. The van der Waals surface area contributed by atoms with Crippen LogP contribution < -0.4 is 0 Å². The normalized spacial score (nSPS) is 13.2. The van der Waals surface area contributed by atoms with Crippen LogP contribution in [0, 0.1) is 0 Å². The molecule has 0 radical (unpaired) electrons. The molecule has 136 valence electrons. The number of rotatable bonds is 3. The Labute approximate surface area is 159 Å². The van der Waals surface area contributed by atoms with E-state index in [1.807, 2.05) is 36.9 Å². The number of aromatic nitrogens is 1. The van der Waals surface area contributed by atoms with E-state index in [2.05, 4.69) is 41.6 Å². The second-order valence-electron chi connectivity index (χ2n) is 7.11. The van der Waals surface area contributed by atoms with Gasteiger partial charge in [0.1, 0.15) is 11.5 Å². The van der Waals surface area contributed by atoms with Crippen LogP contribution in [0.2, 0.25) is 0 Å². The average Bonchev–Trinajstić information content (AvgIpc) is 3.11. The van der Waals surface area contributed by atoms with Crippen molar-refractivity contribution in [1.82, 2.24) is 10.1 Å². The van der Waals surface area contributed by atoms with Gasteiger partial charge < -0.3 is 9.42 Å². The van der Waals surface area contributed by atoms with E-state index < -0.39 is 0 Å². The summed E-state index contributed by atoms with van der Waals surface area (Å²) >= 11 is 0. The number of hydrogen-bond donors (Lipinski definition) is 0. The minimum absolute atomic E-state index is 0.0484. The van der Waals surface area contributed by atoms with Gasteiger partial charge in [0.15, 0.2) is 0 Å². The van der Waals surface area contributed by atoms with E-state index >= 15 is 0 Å². The molecule has 1 aromatic heterocycles. The largest absolute Gasteiger partial charge is 0.360 e. The molecule has 0 saturated carbocycles. The van der Waals surface area contributed by atoms with E-state index in [0.717, 1.165) is 33.7 Å². The van der Waals surface area contributed by atoms with Gasteiger partial charge in [0.2, 0.25) is 5.91 Å². The van der Waals surface area contributed by atoms with Gasteiger partial charge in [0, 0.05) is 30.2 Å². The van der Waals surface area contributed by atoms with Crippen molar-refractivity contribution in [2.75, 3.05) is 6.54 Å². The lowest BCUT2D eigenvalue weighted by atomic mass is 9.98. The molecule has 3 aromatic rings. The Hall–Kier alpha value is -3.14. The van der Waals surface area contributed by atoms with Crippen molar-refractivity contribution in [1.29, 1.82) is 0 Å². The molecule has 2 heterocycles. The summed E-state index contributed by atoms with van der Waals surface area (Å²) in [6.45, 7) is 5.08. The Kier molecular flexibility index (Phi) is 4.63. The van der Waals surface area contributed by atoms with E-state index in [-0.39, 0.29) is 5.91 Å². The summed E-state index contributed by atoms with van der Waals surface area (Å²) in [4.78, 5) is 14.2. The molecule has 0 saturated heterocycles. The number of benzene rings is 2. The van der Waals surface area contributed by atoms with Crippen molar-refractivity contribution < 1.29 is 9.32 Å². The third-order valence-corrected chi connectivity index (χ3v) is 4.82. The van der Waals surface area contributed by atoms with E-state index in [0.29, 0.717) is 19.5 Å². The maximum atomic E-state index is 12.4. The minimum atomic E-state index is 0.0484. The lowest BCUT2D eigenvalue weighted by molar-refractivity contribution is -0.127. The molecule has 0 aliphatic carbocycles. The van der Waals surface area contributed by atoms with Crippen molar-refractivity contribution in [3.05, 3.63) is 77.6 Å². The molecule has 4 heteroatoms. The van der Waals surface area contributed by atoms with Gasteiger partial charge >= 0.3 is 0 Å². The summed E-state index contributed by atoms with van der Waals surface area (Å²) < 4.78 is 5.56. The van der Waals surface area contributed by atoms with Crippen LogP contribution in [0.5, 0.6) is 0 Å². The van der Waals surface area contributed by atoms with Gasteiger partial charge in [-0.1, -0.05) is 65.3 Å². The molecule has 1 amide bonds. The van der Waals surface area contributed by atoms with Gasteiger partial charge in [-0.3, -0.25) is 4.79 Å². The van der Waals surface area contributed by atoms with Crippen LogP contribution >= 0.6 is 0 Å². The SMILES string of the molecule is CC(C)=CC(=O)N1CCc2onc(-c3ccc(-c4ccccc4)cc3)c2C1. The maximum Gasteiger partial charge on any atom is 0.246 e. The predicted molar refractivity (Wildman–Crippen MR) is 106 cm³/mol. The zero-order valence-corrected chi connectivity index (χ0v) is 15.6. The number of nitrogens with zero attached hydrogens (tertiary/aromatic N) is 2. The molecule has 0 bridgehead atoms. The quantitative estimate of drug-likeness (QED) is 0.628. The predicted octanol–water partition coefficient (Wildman–Crippen LogP) is 4.86. The molecular weight excluding hydrogens is 336 g/mol. The van der Waals surface area contributed by atoms with Crippen LogP contribution in [0.4, 0.5) is 0 Å². The van der Waals surface area contributed by atoms with Crippen molar-refractivity contribution in [2.24, 2.45) is 0 Å². The number of fused-ring (bicyclic) bond motifs is 1. The lowest BCUT2D eigenvalue weighted by Crippen LogP contribution is -2.34. The standard InChI is InChI=1S/C23H22N2O2/c1-16(2)14-22(26)25-13-12-21-20(15-25)23(24-27-21)19-10-8-18(9-11-19)17-6-4-3-5-7-17/h3-11,14H,12-13,15H2,1-2H3. The number of hydrogen-bond acceptors (Lipinski definition) is 3. The van der Waals surface area contributed by atoms with Gasteiger partial charge in [-0.15, -0.1) is 0 Å². The highest BCUT2D eigenvalue weighted by molar-refractivity contribution is 5.88. The molecule has 1 aliphatic heterocycles. The van der Waals surface area contributed by atoms with Crippen LogP contribution in [0.25, 0.3) is 22.4 Å². The lowest BCUT2D eigenvalue weighted by Gasteiger charge is -2.25. The highest BCUT2D eigenvalue weighted by atomic mass is 16.5. The van der Waals surface area contributed by atoms with E-state index in [1.54, 1.807) is 6.08 Å². The number of carbonyl (C=O) groups is 1. The first-order chi connectivity index (χ1) is 13.1. The molecule has 0 atom stereocenters. The molecule has 2 aromatic carbocycles. The molecule has 4 rings (SSSR count). The van der Waals surface area contributed by atoms with E-state index in [1.165, 1.54) is 5.56 Å². The fourth-order valence-electron chi connectivity index (χ4n) is 3.41. The highest BCUT2D eigenvalue weighted by Crippen LogP contribution is 2.31. The Morgan fingerprint density at radius 3 is 2.37 bits per heavy atom. The summed E-state index contributed by atoms with van der Waals surface area (Å²) in [7, 11) is 0. The van der Waals surface area contributed by atoms with E-state index in [9.17, 15) is 4.79 Å². The molecular formula is C23H22N2O2. The Morgan fingerprint density at radius 2 is 1.67 bits per heavy atom. The number of allylic oxidation sites excluding steroid dienone is 1. The highest BCUT2D eigenvalue weighted by Gasteiger charge is 2.26. The molecule has 0 N–H and O–H groups in total. The van der Waals surface area contributed by atoms with Gasteiger partial charge in [-0.2, -0.15) is 0 Å². The topological polar surface area (TPSA) is 46.3 Å². The van der Waals surface area contributed by atoms with E-state index in [4.69, 9.17) is 4.52 Å². The molecule has 0 unspecified atom stereocenters. The Morgan fingerprint density at radius 1 is 1.00 bits per heavy atom. The number of amides is 1. The molecule has 0 fully saturated rings. The number of carbonyl (C=O) groups excluding carboxylic acids is 1. The summed E-state index contributed by atoms with van der Waals surface area (Å²) in [5.41, 5.74) is 6.22. The summed E-state index contributed by atoms with van der Waals surface area (Å²) in [5.74, 6) is 0.936. The van der Waals surface area contributed by atoms with Gasteiger partial charge in [-0.05, 0) is 25.0 Å². The first-order valence-corrected chi connectivity index (χ1v) is 9.19. The van der Waals surface area contributed by atoms with Gasteiger partial charge in [0.25, 0.3) is 0 Å². The first kappa shape index (κ1) is 17.3. The second kappa shape index (κ2) is 7.23. The smallest absolute Gasteiger partial charge is 0.246 e. The zero-order chi connectivity index (χ0) is 18.8. The third-order valence-electron chi connectivity index (χ3n) is 4.82. The maximum absolute atomic E-state index is 12.4. The van der Waals surface area contributed by atoms with Crippen LogP contribution in [-0.2, 0) is 17.8 Å². The fraction of sp³-hybridized carbons (Fsp3) is 0.217. The van der Waals surface area contributed by atoms with Crippen LogP contribution in [0.3, 0.4) is 0 Å². The van der Waals surface area contributed by atoms with Crippen LogP contribution in [0.1, 0.15) is 25.2 Å². The van der Waals surface area contributed by atoms with Gasteiger partial charge in [0.05, 0.1) is 6.54 Å². The van der Waals surface area contributed by atoms with Crippen molar-refractivity contribution >= 4 is 5.91 Å². The average molecular weight is 358 g/mol. The van der Waals surface area contributed by atoms with Crippen molar-refractivity contribution in [2.45, 2.75) is 26.8 Å². The third kappa shape index (κ3) is 3.56. The second-order valence-corrected chi connectivity index (χ2v) is 7.11. The molecule has 27 heavy (non-hydrogen) atoms. The molecule has 4 nitrogen and oxygen atoms in total. The van der Waals surface area contributed by atoms with Crippen LogP contribution in [-0.4, -0.2) is 22.5 Å². The minimum Gasteiger partial charge on any atom is -0.360 e. The summed E-state index contributed by atoms with van der Waals surface area (Å²) in [6, 6.07) is 18.6. The van der Waals surface area contributed by atoms with Crippen molar-refractivity contribution in [3.63, 3.8) is 0 Å². The Bertz CT molecular complexity index is 981. The van der Waals surface area contributed by atoms with Crippen LogP contribution in [0.15, 0.2) is 70.8 Å². The zero-order valence-electron chi connectivity index (χ0n) is 15.6.